The van der Waals surface area contributed by atoms with Crippen molar-refractivity contribution in [2.75, 3.05) is 6.61 Å². The monoisotopic (exact) mass is 214 g/mol. The Morgan fingerprint density at radius 3 is 2.67 bits per heavy atom. The van der Waals surface area contributed by atoms with Crippen LogP contribution in [0.2, 0.25) is 0 Å². The van der Waals surface area contributed by atoms with Crippen molar-refractivity contribution in [2.45, 2.75) is 44.8 Å². The predicted octanol–water partition coefficient (Wildman–Crippen LogP) is 2.00. The standard InChI is InChI=1S/C11H18O4/c1-10(2)7-5-8(10)11(3-4-13-15-11)9(6-7)14-12/h7-9,12H,3-6H2,1-2H3/t7-,8-,9+,11?/m1/s1. The summed E-state index contributed by atoms with van der Waals surface area (Å²) in [6.07, 6.45) is 2.68. The summed E-state index contributed by atoms with van der Waals surface area (Å²) in [6.45, 7) is 5.17. The second-order valence-corrected chi connectivity index (χ2v) is 5.75. The maximum Gasteiger partial charge on any atom is 0.138 e. The molecule has 1 saturated heterocycles. The van der Waals surface area contributed by atoms with Crippen LogP contribution >= 0.6 is 0 Å². The molecular formula is C11H18O4. The average molecular weight is 214 g/mol. The third kappa shape index (κ3) is 1.06. The van der Waals surface area contributed by atoms with E-state index in [9.17, 15) is 0 Å². The molecule has 0 radical (unpaired) electrons. The van der Waals surface area contributed by atoms with Crippen molar-refractivity contribution in [3.63, 3.8) is 0 Å². The molecule has 2 bridgehead atoms. The number of hydrogen-bond donors (Lipinski definition) is 1. The van der Waals surface area contributed by atoms with Crippen molar-refractivity contribution in [2.24, 2.45) is 17.3 Å². The molecule has 4 fully saturated rings. The molecule has 4 heteroatoms. The second-order valence-electron chi connectivity index (χ2n) is 5.75. The van der Waals surface area contributed by atoms with Crippen molar-refractivity contribution in [1.29, 1.82) is 0 Å². The van der Waals surface area contributed by atoms with Crippen molar-refractivity contribution in [3.05, 3.63) is 0 Å². The molecule has 1 heterocycles. The first kappa shape index (κ1) is 10.0. The zero-order valence-electron chi connectivity index (χ0n) is 9.23. The summed E-state index contributed by atoms with van der Waals surface area (Å²) in [5.41, 5.74) is -0.101. The first-order valence-corrected chi connectivity index (χ1v) is 5.72. The first-order chi connectivity index (χ1) is 7.11. The Balaban J connectivity index is 1.94. The lowest BCUT2D eigenvalue weighted by atomic mass is 9.43. The zero-order chi connectivity index (χ0) is 10.7. The van der Waals surface area contributed by atoms with E-state index in [1.807, 2.05) is 0 Å². The van der Waals surface area contributed by atoms with E-state index in [-0.39, 0.29) is 6.10 Å². The van der Waals surface area contributed by atoms with Crippen LogP contribution in [0.5, 0.6) is 0 Å². The van der Waals surface area contributed by atoms with Crippen LogP contribution in [-0.4, -0.2) is 23.6 Å². The van der Waals surface area contributed by atoms with Crippen LogP contribution in [0.3, 0.4) is 0 Å². The average Bonchev–Trinajstić information content (AvgIpc) is 2.66. The molecule has 1 spiro atoms. The predicted molar refractivity (Wildman–Crippen MR) is 51.9 cm³/mol. The normalized spacial score (nSPS) is 51.8. The van der Waals surface area contributed by atoms with Crippen molar-refractivity contribution in [1.82, 2.24) is 0 Å². The van der Waals surface area contributed by atoms with Gasteiger partial charge in [-0.2, -0.15) is 0 Å². The van der Waals surface area contributed by atoms with Gasteiger partial charge in [-0.3, -0.25) is 5.26 Å². The van der Waals surface area contributed by atoms with E-state index in [4.69, 9.17) is 15.0 Å². The summed E-state index contributed by atoms with van der Waals surface area (Å²) in [6, 6.07) is 0. The molecule has 4 nitrogen and oxygen atoms in total. The van der Waals surface area contributed by atoms with Crippen LogP contribution in [-0.2, 0) is 14.7 Å². The molecule has 3 aliphatic carbocycles. The highest BCUT2D eigenvalue weighted by Gasteiger charge is 2.68. The first-order valence-electron chi connectivity index (χ1n) is 5.72. The number of rotatable bonds is 1. The van der Waals surface area contributed by atoms with Gasteiger partial charge in [0.05, 0.1) is 6.61 Å². The number of fused-ring (bicyclic) bond motifs is 1. The quantitative estimate of drug-likeness (QED) is 0.535. The highest BCUT2D eigenvalue weighted by atomic mass is 17.2. The molecule has 86 valence electrons. The summed E-state index contributed by atoms with van der Waals surface area (Å²) in [5, 5.41) is 8.99. The van der Waals surface area contributed by atoms with E-state index in [1.165, 1.54) is 6.42 Å². The van der Waals surface area contributed by atoms with E-state index in [0.29, 0.717) is 23.9 Å². The molecular weight excluding hydrogens is 196 g/mol. The minimum Gasteiger partial charge on any atom is -0.251 e. The van der Waals surface area contributed by atoms with Gasteiger partial charge in [0.2, 0.25) is 0 Å². The van der Waals surface area contributed by atoms with Crippen LogP contribution in [0.4, 0.5) is 0 Å². The lowest BCUT2D eigenvalue weighted by Gasteiger charge is -2.64. The van der Waals surface area contributed by atoms with Gasteiger partial charge in [0, 0.05) is 6.42 Å². The van der Waals surface area contributed by atoms with Crippen LogP contribution in [0.1, 0.15) is 33.1 Å². The minimum atomic E-state index is -0.396. The fourth-order valence-corrected chi connectivity index (χ4v) is 3.90. The molecule has 4 atom stereocenters. The van der Waals surface area contributed by atoms with Crippen LogP contribution in [0, 0.1) is 17.3 Å². The van der Waals surface area contributed by atoms with Crippen molar-refractivity contribution in [3.8, 4) is 0 Å². The lowest BCUT2D eigenvalue weighted by Crippen LogP contribution is -2.67. The summed E-state index contributed by atoms with van der Waals surface area (Å²) in [5.74, 6) is 1.10. The Labute approximate surface area is 89.4 Å². The summed E-state index contributed by atoms with van der Waals surface area (Å²) in [4.78, 5) is 15.2. The largest absolute Gasteiger partial charge is 0.251 e. The van der Waals surface area contributed by atoms with Gasteiger partial charge < -0.3 is 0 Å². The van der Waals surface area contributed by atoms with Gasteiger partial charge in [-0.15, -0.1) is 0 Å². The minimum absolute atomic E-state index is 0.211. The zero-order valence-corrected chi connectivity index (χ0v) is 9.23. The molecule has 0 aromatic rings. The smallest absolute Gasteiger partial charge is 0.138 e. The van der Waals surface area contributed by atoms with E-state index >= 15 is 0 Å². The molecule has 3 saturated carbocycles. The molecule has 15 heavy (non-hydrogen) atoms. The van der Waals surface area contributed by atoms with Gasteiger partial charge in [0.25, 0.3) is 0 Å². The van der Waals surface area contributed by atoms with Gasteiger partial charge in [-0.25, -0.2) is 14.7 Å². The van der Waals surface area contributed by atoms with Crippen molar-refractivity contribution >= 4 is 0 Å². The van der Waals surface area contributed by atoms with Gasteiger partial charge in [0.15, 0.2) is 0 Å². The lowest BCUT2D eigenvalue weighted by molar-refractivity contribution is -0.422. The van der Waals surface area contributed by atoms with E-state index in [2.05, 4.69) is 18.7 Å². The third-order valence-corrected chi connectivity index (χ3v) is 5.02. The molecule has 4 aliphatic rings. The highest BCUT2D eigenvalue weighted by Crippen LogP contribution is 2.65. The summed E-state index contributed by atoms with van der Waals surface area (Å²) in [7, 11) is 0. The van der Waals surface area contributed by atoms with Crippen LogP contribution in [0.15, 0.2) is 0 Å². The van der Waals surface area contributed by atoms with Gasteiger partial charge in [-0.05, 0) is 30.1 Å². The SMILES string of the molecule is CC1(C)[C@H]2C[C@H](OO)C3(CCOO3)[C@@H]1C2. The summed E-state index contributed by atoms with van der Waals surface area (Å²) < 4.78 is 0. The van der Waals surface area contributed by atoms with Crippen LogP contribution in [0.25, 0.3) is 0 Å². The molecule has 1 aliphatic heterocycles. The molecule has 4 rings (SSSR count). The Bertz CT molecular complexity index is 270. The number of hydrogen-bond acceptors (Lipinski definition) is 4. The Kier molecular flexibility index (Phi) is 1.97. The maximum absolute atomic E-state index is 8.99. The van der Waals surface area contributed by atoms with E-state index in [0.717, 1.165) is 12.8 Å². The fraction of sp³-hybridized carbons (Fsp3) is 1.00. The fourth-order valence-electron chi connectivity index (χ4n) is 3.90. The third-order valence-electron chi connectivity index (χ3n) is 5.02. The van der Waals surface area contributed by atoms with Gasteiger partial charge in [0.1, 0.15) is 11.7 Å². The molecule has 0 aromatic carbocycles. The molecule has 0 aromatic heterocycles. The Morgan fingerprint density at radius 2 is 2.13 bits per heavy atom. The van der Waals surface area contributed by atoms with Gasteiger partial charge >= 0.3 is 0 Å². The Hall–Kier alpha value is -0.160. The van der Waals surface area contributed by atoms with E-state index in [1.54, 1.807) is 0 Å². The molecule has 1 unspecified atom stereocenters. The molecule has 0 amide bonds. The van der Waals surface area contributed by atoms with Gasteiger partial charge in [-0.1, -0.05) is 13.8 Å². The maximum atomic E-state index is 8.99. The molecule has 1 N–H and O–H groups in total. The van der Waals surface area contributed by atoms with E-state index < -0.39 is 5.60 Å². The topological polar surface area (TPSA) is 47.9 Å². The second kappa shape index (κ2) is 2.94. The summed E-state index contributed by atoms with van der Waals surface area (Å²) >= 11 is 0. The Morgan fingerprint density at radius 1 is 1.33 bits per heavy atom. The van der Waals surface area contributed by atoms with Crippen LogP contribution < -0.4 is 0 Å². The highest BCUT2D eigenvalue weighted by molar-refractivity contribution is 5.15. The van der Waals surface area contributed by atoms with Crippen molar-refractivity contribution < 1.29 is 19.9 Å².